The minimum atomic E-state index is -1.21. The lowest BCUT2D eigenvalue weighted by Gasteiger charge is -2.27. The molecule has 2 rings (SSSR count). The van der Waals surface area contributed by atoms with Gasteiger partial charge in [-0.3, -0.25) is 15.0 Å². The Balaban J connectivity index is 2.00. The maximum absolute atomic E-state index is 13.6. The normalized spacial score (nSPS) is 16.1. The SMILES string of the molecule is O=[N+]([O-])c1ccc(F)c(F)c1NCCN1CCNCC1. The van der Waals surface area contributed by atoms with E-state index in [4.69, 9.17) is 0 Å². The van der Waals surface area contributed by atoms with Crippen LogP contribution in [-0.4, -0.2) is 49.1 Å². The summed E-state index contributed by atoms with van der Waals surface area (Å²) in [6, 6.07) is 1.72. The van der Waals surface area contributed by atoms with Gasteiger partial charge in [-0.15, -0.1) is 0 Å². The zero-order valence-corrected chi connectivity index (χ0v) is 10.9. The summed E-state index contributed by atoms with van der Waals surface area (Å²) in [5.41, 5.74) is -0.839. The van der Waals surface area contributed by atoms with Crippen molar-refractivity contribution in [3.63, 3.8) is 0 Å². The number of rotatable bonds is 5. The number of nitrogens with zero attached hydrogens (tertiary/aromatic N) is 2. The highest BCUT2D eigenvalue weighted by atomic mass is 19.2. The number of nitrogens with one attached hydrogen (secondary N) is 2. The van der Waals surface area contributed by atoms with E-state index in [1.807, 2.05) is 0 Å². The third kappa shape index (κ3) is 3.40. The van der Waals surface area contributed by atoms with Crippen LogP contribution in [0.2, 0.25) is 0 Å². The van der Waals surface area contributed by atoms with Crippen LogP contribution in [0.3, 0.4) is 0 Å². The highest BCUT2D eigenvalue weighted by Gasteiger charge is 2.21. The summed E-state index contributed by atoms with van der Waals surface area (Å²) < 4.78 is 26.8. The molecule has 0 aliphatic carbocycles. The van der Waals surface area contributed by atoms with Crippen LogP contribution in [0.25, 0.3) is 0 Å². The van der Waals surface area contributed by atoms with E-state index < -0.39 is 22.2 Å². The monoisotopic (exact) mass is 286 g/mol. The van der Waals surface area contributed by atoms with Crippen molar-refractivity contribution < 1.29 is 13.7 Å². The van der Waals surface area contributed by atoms with Gasteiger partial charge in [0.2, 0.25) is 0 Å². The molecule has 1 saturated heterocycles. The lowest BCUT2D eigenvalue weighted by molar-refractivity contribution is -0.384. The van der Waals surface area contributed by atoms with Crippen LogP contribution in [-0.2, 0) is 0 Å². The molecule has 0 amide bonds. The first-order valence-corrected chi connectivity index (χ1v) is 6.39. The van der Waals surface area contributed by atoms with Crippen molar-refractivity contribution in [3.05, 3.63) is 33.9 Å². The van der Waals surface area contributed by atoms with Gasteiger partial charge in [-0.25, -0.2) is 8.78 Å². The highest BCUT2D eigenvalue weighted by Crippen LogP contribution is 2.28. The van der Waals surface area contributed by atoms with Gasteiger partial charge in [0.25, 0.3) is 5.69 Å². The molecule has 0 saturated carbocycles. The summed E-state index contributed by atoms with van der Waals surface area (Å²) in [6.07, 6.45) is 0. The van der Waals surface area contributed by atoms with Gasteiger partial charge < -0.3 is 10.6 Å². The van der Waals surface area contributed by atoms with Crippen LogP contribution in [0.1, 0.15) is 0 Å². The zero-order valence-electron chi connectivity index (χ0n) is 10.9. The van der Waals surface area contributed by atoms with Gasteiger partial charge in [0.05, 0.1) is 4.92 Å². The summed E-state index contributed by atoms with van der Waals surface area (Å²) in [6.45, 7) is 4.45. The van der Waals surface area contributed by atoms with Crippen molar-refractivity contribution in [3.8, 4) is 0 Å². The molecule has 110 valence electrons. The minimum Gasteiger partial charge on any atom is -0.376 e. The molecule has 6 nitrogen and oxygen atoms in total. The minimum absolute atomic E-state index is 0.321. The largest absolute Gasteiger partial charge is 0.376 e. The smallest absolute Gasteiger partial charge is 0.295 e. The molecule has 0 aromatic heterocycles. The van der Waals surface area contributed by atoms with E-state index in [1.54, 1.807) is 0 Å². The third-order valence-electron chi connectivity index (χ3n) is 3.21. The van der Waals surface area contributed by atoms with Crippen molar-refractivity contribution in [2.75, 3.05) is 44.6 Å². The Morgan fingerprint density at radius 3 is 2.70 bits per heavy atom. The van der Waals surface area contributed by atoms with Gasteiger partial charge >= 0.3 is 0 Å². The fourth-order valence-electron chi connectivity index (χ4n) is 2.13. The fourth-order valence-corrected chi connectivity index (χ4v) is 2.13. The van der Waals surface area contributed by atoms with Crippen LogP contribution >= 0.6 is 0 Å². The summed E-state index contributed by atoms with van der Waals surface area (Å²) in [5, 5.41) is 16.6. The van der Waals surface area contributed by atoms with Crippen LogP contribution in [0.15, 0.2) is 12.1 Å². The van der Waals surface area contributed by atoms with Gasteiger partial charge in [-0.2, -0.15) is 0 Å². The lowest BCUT2D eigenvalue weighted by atomic mass is 10.2. The molecular weight excluding hydrogens is 270 g/mol. The molecule has 0 spiro atoms. The fraction of sp³-hybridized carbons (Fsp3) is 0.500. The summed E-state index contributed by atoms with van der Waals surface area (Å²) in [4.78, 5) is 12.2. The molecule has 8 heteroatoms. The van der Waals surface area contributed by atoms with Crippen molar-refractivity contribution >= 4 is 11.4 Å². The van der Waals surface area contributed by atoms with E-state index in [0.29, 0.717) is 13.1 Å². The first-order valence-electron chi connectivity index (χ1n) is 6.39. The average Bonchev–Trinajstić information content (AvgIpc) is 2.44. The molecule has 1 aromatic carbocycles. The van der Waals surface area contributed by atoms with Crippen molar-refractivity contribution in [2.45, 2.75) is 0 Å². The number of piperazine rings is 1. The second kappa shape index (κ2) is 6.58. The van der Waals surface area contributed by atoms with E-state index in [2.05, 4.69) is 15.5 Å². The Labute approximate surface area is 114 Å². The first kappa shape index (κ1) is 14.6. The van der Waals surface area contributed by atoms with E-state index >= 15 is 0 Å². The summed E-state index contributed by atoms with van der Waals surface area (Å²) >= 11 is 0. The van der Waals surface area contributed by atoms with E-state index in [1.165, 1.54) is 0 Å². The molecule has 1 aliphatic rings. The number of hydrogen-bond acceptors (Lipinski definition) is 5. The number of anilines is 1. The lowest BCUT2D eigenvalue weighted by Crippen LogP contribution is -2.45. The number of nitro benzene ring substituents is 1. The average molecular weight is 286 g/mol. The number of benzene rings is 1. The van der Waals surface area contributed by atoms with Crippen molar-refractivity contribution in [2.24, 2.45) is 0 Å². The van der Waals surface area contributed by atoms with Gasteiger partial charge in [0, 0.05) is 45.3 Å². The molecule has 0 bridgehead atoms. The van der Waals surface area contributed by atoms with Crippen LogP contribution in [0.5, 0.6) is 0 Å². The topological polar surface area (TPSA) is 70.4 Å². The van der Waals surface area contributed by atoms with Crippen molar-refractivity contribution in [1.29, 1.82) is 0 Å². The molecule has 1 heterocycles. The molecule has 0 unspecified atom stereocenters. The zero-order chi connectivity index (χ0) is 14.5. The van der Waals surface area contributed by atoms with Gasteiger partial charge in [-0.05, 0) is 6.07 Å². The third-order valence-corrected chi connectivity index (χ3v) is 3.21. The maximum Gasteiger partial charge on any atom is 0.295 e. The standard InChI is InChI=1S/C12H16F2N4O2/c13-9-1-2-10(18(19)20)12(11(9)14)16-5-8-17-6-3-15-4-7-17/h1-2,15-16H,3-8H2. The van der Waals surface area contributed by atoms with Gasteiger partial charge in [0.1, 0.15) is 0 Å². The highest BCUT2D eigenvalue weighted by molar-refractivity contribution is 5.62. The van der Waals surface area contributed by atoms with Gasteiger partial charge in [0.15, 0.2) is 17.3 Å². The van der Waals surface area contributed by atoms with E-state index in [0.717, 1.165) is 38.3 Å². The number of halogens is 2. The van der Waals surface area contributed by atoms with Crippen molar-refractivity contribution in [1.82, 2.24) is 10.2 Å². The number of nitro groups is 1. The molecular formula is C12H16F2N4O2. The molecule has 1 aromatic rings. The van der Waals surface area contributed by atoms with Crippen LogP contribution in [0, 0.1) is 21.7 Å². The molecule has 20 heavy (non-hydrogen) atoms. The predicted molar refractivity (Wildman–Crippen MR) is 70.8 cm³/mol. The Kier molecular flexibility index (Phi) is 4.80. The summed E-state index contributed by atoms with van der Waals surface area (Å²) in [5.74, 6) is -2.31. The van der Waals surface area contributed by atoms with Gasteiger partial charge in [-0.1, -0.05) is 0 Å². The maximum atomic E-state index is 13.6. The Bertz CT molecular complexity index is 493. The Morgan fingerprint density at radius 1 is 1.35 bits per heavy atom. The van der Waals surface area contributed by atoms with Crippen LogP contribution in [0.4, 0.5) is 20.2 Å². The van der Waals surface area contributed by atoms with E-state index in [-0.39, 0.29) is 5.69 Å². The molecule has 1 fully saturated rings. The Morgan fingerprint density at radius 2 is 2.05 bits per heavy atom. The molecule has 0 atom stereocenters. The Hall–Kier alpha value is -1.80. The number of hydrogen-bond donors (Lipinski definition) is 2. The quantitative estimate of drug-likeness (QED) is 0.628. The van der Waals surface area contributed by atoms with Crippen LogP contribution < -0.4 is 10.6 Å². The van der Waals surface area contributed by atoms with E-state index in [9.17, 15) is 18.9 Å². The molecule has 0 radical (unpaired) electrons. The summed E-state index contributed by atoms with van der Waals surface area (Å²) in [7, 11) is 0. The second-order valence-corrected chi connectivity index (χ2v) is 4.53. The molecule has 2 N–H and O–H groups in total. The molecule has 1 aliphatic heterocycles. The second-order valence-electron chi connectivity index (χ2n) is 4.53. The predicted octanol–water partition coefficient (Wildman–Crippen LogP) is 1.19. The first-order chi connectivity index (χ1) is 9.59.